The van der Waals surface area contributed by atoms with E-state index >= 15 is 0 Å². The number of hydrogen-bond donors (Lipinski definition) is 1. The van der Waals surface area contributed by atoms with Gasteiger partial charge in [-0.3, -0.25) is 0 Å². The summed E-state index contributed by atoms with van der Waals surface area (Å²) in [6, 6.07) is 2.01. The molecule has 1 unspecified atom stereocenters. The molecule has 0 amide bonds. The zero-order chi connectivity index (χ0) is 11.3. The van der Waals surface area contributed by atoms with Crippen LogP contribution in [0, 0.1) is 6.92 Å². The minimum absolute atomic E-state index is 0.257. The second-order valence-electron chi connectivity index (χ2n) is 4.16. The van der Waals surface area contributed by atoms with Gasteiger partial charge in [0.25, 0.3) is 0 Å². The molecule has 2 aromatic heterocycles. The third-order valence-electron chi connectivity index (χ3n) is 2.99. The summed E-state index contributed by atoms with van der Waals surface area (Å²) in [4.78, 5) is 9.71. The molecule has 3 rings (SSSR count). The molecule has 0 saturated carbocycles. The smallest absolute Gasteiger partial charge is 0.171 e. The number of imidazole rings is 1. The molecule has 84 valence electrons. The highest BCUT2D eigenvalue weighted by atomic mass is 79.9. The maximum atomic E-state index is 5.70. The molecule has 1 N–H and O–H groups in total. The number of hydrogen-bond acceptors (Lipinski definition) is 3. The minimum Gasteiger partial charge on any atom is -0.451 e. The van der Waals surface area contributed by atoms with Crippen LogP contribution in [0.4, 0.5) is 5.69 Å². The molecule has 0 aromatic carbocycles. The minimum atomic E-state index is 0.257. The second-order valence-corrected chi connectivity index (χ2v) is 4.94. The lowest BCUT2D eigenvalue weighted by Crippen LogP contribution is -2.16. The number of nitrogens with zero attached hydrogens (tertiary/aromatic N) is 2. The van der Waals surface area contributed by atoms with E-state index in [1.807, 2.05) is 19.2 Å². The zero-order valence-corrected chi connectivity index (χ0v) is 10.7. The number of aromatic nitrogens is 2. The third-order valence-corrected chi connectivity index (χ3v) is 3.38. The number of likely N-dealkylation sites (N-methyl/N-ethyl adjacent to an activating group) is 1. The maximum Gasteiger partial charge on any atom is 0.171 e. The predicted octanol–water partition coefficient (Wildman–Crippen LogP) is 2.66. The summed E-state index contributed by atoms with van der Waals surface area (Å²) in [5, 5.41) is 0. The lowest BCUT2D eigenvalue weighted by Gasteiger charge is -2.11. The van der Waals surface area contributed by atoms with Gasteiger partial charge in [-0.05, 0) is 22.9 Å². The average molecular weight is 282 g/mol. The fourth-order valence-corrected chi connectivity index (χ4v) is 2.62. The summed E-state index contributed by atoms with van der Waals surface area (Å²) in [6.45, 7) is 2.89. The number of furan rings is 1. The molecule has 2 aromatic rings. The van der Waals surface area contributed by atoms with Crippen LogP contribution in [-0.4, -0.2) is 23.6 Å². The first-order chi connectivity index (χ1) is 7.65. The Bertz CT molecular complexity index is 531. The topological polar surface area (TPSA) is 45.1 Å². The van der Waals surface area contributed by atoms with Crippen molar-refractivity contribution in [2.45, 2.75) is 12.8 Å². The first-order valence-corrected chi connectivity index (χ1v) is 5.96. The van der Waals surface area contributed by atoms with Gasteiger partial charge in [0, 0.05) is 31.5 Å². The van der Waals surface area contributed by atoms with Gasteiger partial charge in [-0.1, -0.05) is 0 Å². The molecule has 0 radical (unpaired) electrons. The van der Waals surface area contributed by atoms with Crippen molar-refractivity contribution < 1.29 is 4.42 Å². The first kappa shape index (κ1) is 9.96. The molecular formula is C11H12BrN3O. The summed E-state index contributed by atoms with van der Waals surface area (Å²) in [7, 11) is 2.07. The number of H-pyrrole nitrogens is 1. The number of fused-ring (bicyclic) bond motifs is 1. The Morgan fingerprint density at radius 3 is 3.12 bits per heavy atom. The van der Waals surface area contributed by atoms with Crippen LogP contribution in [0.25, 0.3) is 0 Å². The molecule has 0 fully saturated rings. The Morgan fingerprint density at radius 1 is 1.62 bits per heavy atom. The highest BCUT2D eigenvalue weighted by molar-refractivity contribution is 9.10. The molecule has 1 aliphatic heterocycles. The van der Waals surface area contributed by atoms with Gasteiger partial charge in [-0.2, -0.15) is 0 Å². The van der Waals surface area contributed by atoms with Gasteiger partial charge in [-0.15, -0.1) is 0 Å². The van der Waals surface area contributed by atoms with E-state index in [9.17, 15) is 0 Å². The van der Waals surface area contributed by atoms with Gasteiger partial charge in [-0.25, -0.2) is 4.98 Å². The average Bonchev–Trinajstić information content (AvgIpc) is 2.85. The van der Waals surface area contributed by atoms with Gasteiger partial charge in [0.2, 0.25) is 0 Å². The summed E-state index contributed by atoms with van der Waals surface area (Å²) in [5.74, 6) is 2.21. The molecule has 1 aliphatic rings. The van der Waals surface area contributed by atoms with Crippen molar-refractivity contribution in [2.24, 2.45) is 0 Å². The maximum absolute atomic E-state index is 5.70. The molecular weight excluding hydrogens is 270 g/mol. The molecule has 0 spiro atoms. The molecule has 0 saturated heterocycles. The van der Waals surface area contributed by atoms with E-state index in [1.165, 1.54) is 0 Å². The van der Waals surface area contributed by atoms with Crippen LogP contribution in [0.15, 0.2) is 21.3 Å². The van der Waals surface area contributed by atoms with Crippen LogP contribution in [-0.2, 0) is 0 Å². The van der Waals surface area contributed by atoms with Gasteiger partial charge in [0.05, 0.1) is 11.6 Å². The number of aromatic amines is 1. The molecule has 4 nitrogen and oxygen atoms in total. The number of anilines is 1. The Hall–Kier alpha value is -1.23. The molecule has 5 heteroatoms. The van der Waals surface area contributed by atoms with Gasteiger partial charge in [0.1, 0.15) is 11.6 Å². The molecule has 1 atom stereocenters. The molecule has 0 bridgehead atoms. The third kappa shape index (κ3) is 1.38. The van der Waals surface area contributed by atoms with Crippen molar-refractivity contribution in [3.8, 4) is 0 Å². The van der Waals surface area contributed by atoms with Crippen LogP contribution in [0.5, 0.6) is 0 Å². The monoisotopic (exact) mass is 281 g/mol. The fourth-order valence-electron chi connectivity index (χ4n) is 2.22. The van der Waals surface area contributed by atoms with Crippen molar-refractivity contribution in [1.29, 1.82) is 0 Å². The van der Waals surface area contributed by atoms with Crippen LogP contribution in [0.3, 0.4) is 0 Å². The quantitative estimate of drug-likeness (QED) is 0.874. The highest BCUT2D eigenvalue weighted by Crippen LogP contribution is 2.42. The molecule has 3 heterocycles. The zero-order valence-electron chi connectivity index (χ0n) is 9.12. The van der Waals surface area contributed by atoms with E-state index in [1.54, 1.807) is 0 Å². The van der Waals surface area contributed by atoms with E-state index in [0.29, 0.717) is 0 Å². The molecule has 0 aliphatic carbocycles. The van der Waals surface area contributed by atoms with E-state index in [-0.39, 0.29) is 5.92 Å². The van der Waals surface area contributed by atoms with Crippen LogP contribution in [0.1, 0.15) is 23.2 Å². The number of nitrogens with one attached hydrogen (secondary N) is 1. The number of rotatable bonds is 1. The predicted molar refractivity (Wildman–Crippen MR) is 64.8 cm³/mol. The Morgan fingerprint density at radius 2 is 2.44 bits per heavy atom. The normalized spacial score (nSPS) is 19.2. The second kappa shape index (κ2) is 3.38. The Balaban J connectivity index is 2.05. The summed E-state index contributed by atoms with van der Waals surface area (Å²) in [5.41, 5.74) is 2.27. The fraction of sp³-hybridized carbons (Fsp3) is 0.364. The van der Waals surface area contributed by atoms with E-state index < -0.39 is 0 Å². The molecule has 16 heavy (non-hydrogen) atoms. The number of halogens is 1. The summed E-state index contributed by atoms with van der Waals surface area (Å²) < 4.78 is 6.48. The summed E-state index contributed by atoms with van der Waals surface area (Å²) in [6.07, 6.45) is 1.89. The largest absolute Gasteiger partial charge is 0.451 e. The first-order valence-electron chi connectivity index (χ1n) is 5.17. The van der Waals surface area contributed by atoms with Gasteiger partial charge >= 0.3 is 0 Å². The lowest BCUT2D eigenvalue weighted by atomic mass is 10.1. The SMILES string of the molecule is Cc1ncc(C2CN(C)c3cc(Br)oc32)[nH]1. The lowest BCUT2D eigenvalue weighted by molar-refractivity contribution is 0.477. The van der Waals surface area contributed by atoms with E-state index in [2.05, 4.69) is 37.8 Å². The van der Waals surface area contributed by atoms with Crippen molar-refractivity contribution in [3.05, 3.63) is 34.2 Å². The van der Waals surface area contributed by atoms with Crippen molar-refractivity contribution in [3.63, 3.8) is 0 Å². The van der Waals surface area contributed by atoms with Crippen molar-refractivity contribution in [2.75, 3.05) is 18.5 Å². The van der Waals surface area contributed by atoms with Gasteiger partial charge < -0.3 is 14.3 Å². The number of aryl methyl sites for hydroxylation is 1. The van der Waals surface area contributed by atoms with Crippen molar-refractivity contribution >= 4 is 21.6 Å². The van der Waals surface area contributed by atoms with Crippen LogP contribution < -0.4 is 4.90 Å². The standard InChI is InChI=1S/C11H12BrN3O/c1-6-13-4-8(14-6)7-5-15(2)9-3-10(12)16-11(7)9/h3-4,7H,5H2,1-2H3,(H,13,14). The van der Waals surface area contributed by atoms with E-state index in [0.717, 1.165) is 34.2 Å². The van der Waals surface area contributed by atoms with Crippen LogP contribution in [0.2, 0.25) is 0 Å². The van der Waals surface area contributed by atoms with Crippen molar-refractivity contribution in [1.82, 2.24) is 9.97 Å². The van der Waals surface area contributed by atoms with Crippen LogP contribution >= 0.6 is 15.9 Å². The highest BCUT2D eigenvalue weighted by Gasteiger charge is 2.33. The Kier molecular flexibility index (Phi) is 2.10. The Labute approximate surface area is 102 Å². The van der Waals surface area contributed by atoms with Gasteiger partial charge in [0.15, 0.2) is 4.67 Å². The summed E-state index contributed by atoms with van der Waals surface area (Å²) >= 11 is 3.37. The van der Waals surface area contributed by atoms with E-state index in [4.69, 9.17) is 4.42 Å².